The number of aryl methyl sites for hydroxylation is 2. The molecule has 1 aliphatic carbocycles. The van der Waals surface area contributed by atoms with Crippen LogP contribution in [0.15, 0.2) is 30.3 Å². The molecule has 5 heteroatoms. The molecule has 1 aromatic heterocycles. The maximum absolute atomic E-state index is 13.6. The van der Waals surface area contributed by atoms with Gasteiger partial charge in [0.1, 0.15) is 5.69 Å². The summed E-state index contributed by atoms with van der Waals surface area (Å²) in [4.78, 5) is 18.0. The molecule has 1 aliphatic heterocycles. The summed E-state index contributed by atoms with van der Waals surface area (Å²) in [6, 6.07) is 10.5. The van der Waals surface area contributed by atoms with Crippen LogP contribution in [0.1, 0.15) is 53.1 Å². The lowest BCUT2D eigenvalue weighted by Crippen LogP contribution is -2.49. The van der Waals surface area contributed by atoms with Gasteiger partial charge < -0.3 is 9.80 Å². The van der Waals surface area contributed by atoms with Gasteiger partial charge in [-0.1, -0.05) is 30.3 Å². The Bertz CT molecular complexity index is 783. The van der Waals surface area contributed by atoms with Crippen molar-refractivity contribution < 1.29 is 4.79 Å². The van der Waals surface area contributed by atoms with Crippen molar-refractivity contribution in [3.05, 3.63) is 52.8 Å². The lowest BCUT2D eigenvalue weighted by molar-refractivity contribution is 0.0485. The number of carbonyl (C=O) groups excluding carboxylic acids is 1. The summed E-state index contributed by atoms with van der Waals surface area (Å²) in [5, 5.41) is 4.76. The number of hydrogen-bond donors (Lipinski definition) is 0. The van der Waals surface area contributed by atoms with Gasteiger partial charge in [0.2, 0.25) is 0 Å². The van der Waals surface area contributed by atoms with E-state index < -0.39 is 0 Å². The van der Waals surface area contributed by atoms with Crippen LogP contribution in [0.2, 0.25) is 0 Å². The minimum absolute atomic E-state index is 0.0990. The van der Waals surface area contributed by atoms with E-state index in [4.69, 9.17) is 5.10 Å². The quantitative estimate of drug-likeness (QED) is 0.853. The molecule has 4 rings (SSSR count). The Morgan fingerprint density at radius 1 is 1.15 bits per heavy atom. The molecule has 138 valence electrons. The van der Waals surface area contributed by atoms with Gasteiger partial charge in [0.05, 0.1) is 11.7 Å². The van der Waals surface area contributed by atoms with E-state index >= 15 is 0 Å². The van der Waals surface area contributed by atoms with Crippen LogP contribution >= 0.6 is 0 Å². The van der Waals surface area contributed by atoms with Gasteiger partial charge in [0, 0.05) is 31.7 Å². The van der Waals surface area contributed by atoms with E-state index in [1.807, 2.05) is 10.7 Å². The first-order valence-electron chi connectivity index (χ1n) is 9.82. The molecular formula is C21H28N4O. The molecule has 0 N–H and O–H groups in total. The van der Waals surface area contributed by atoms with Crippen molar-refractivity contribution in [3.8, 4) is 0 Å². The van der Waals surface area contributed by atoms with E-state index in [-0.39, 0.29) is 11.9 Å². The Morgan fingerprint density at radius 3 is 2.69 bits per heavy atom. The zero-order valence-corrected chi connectivity index (χ0v) is 15.8. The van der Waals surface area contributed by atoms with Gasteiger partial charge in [0.15, 0.2) is 0 Å². The normalized spacial score (nSPS) is 20.8. The molecule has 0 saturated carbocycles. The van der Waals surface area contributed by atoms with E-state index in [0.717, 1.165) is 56.8 Å². The predicted octanol–water partition coefficient (Wildman–Crippen LogP) is 2.91. The van der Waals surface area contributed by atoms with E-state index in [2.05, 4.69) is 48.0 Å². The maximum atomic E-state index is 13.6. The number of nitrogens with zero attached hydrogens (tertiary/aromatic N) is 4. The highest BCUT2D eigenvalue weighted by atomic mass is 16.2. The standard InChI is InChI=1S/C21H28N4O/c1-3-25-20(17-11-7-8-12-18(17)22-25)21(26)24-14-13-23(2)15-19(24)16-9-5-4-6-10-16/h4-6,9-10,19H,3,7-8,11-15H2,1-2H3/t19-/m1/s1. The summed E-state index contributed by atoms with van der Waals surface area (Å²) in [6.45, 7) is 5.38. The van der Waals surface area contributed by atoms with Crippen molar-refractivity contribution in [1.82, 2.24) is 19.6 Å². The summed E-state index contributed by atoms with van der Waals surface area (Å²) in [5.74, 6) is 0.157. The summed E-state index contributed by atoms with van der Waals surface area (Å²) in [7, 11) is 2.13. The number of aromatic nitrogens is 2. The van der Waals surface area contributed by atoms with Crippen LogP contribution < -0.4 is 0 Å². The molecule has 2 aliphatic rings. The van der Waals surface area contributed by atoms with Crippen LogP contribution in [0.4, 0.5) is 0 Å². The molecule has 0 spiro atoms. The minimum atomic E-state index is 0.0990. The summed E-state index contributed by atoms with van der Waals surface area (Å²) in [5.41, 5.74) is 4.40. The number of hydrogen-bond acceptors (Lipinski definition) is 3. The van der Waals surface area contributed by atoms with E-state index in [1.54, 1.807) is 0 Å². The average Bonchev–Trinajstić information content (AvgIpc) is 3.06. The molecule has 2 heterocycles. The van der Waals surface area contributed by atoms with Crippen LogP contribution in [0.5, 0.6) is 0 Å². The van der Waals surface area contributed by atoms with Gasteiger partial charge in [0.25, 0.3) is 5.91 Å². The summed E-state index contributed by atoms with van der Waals surface area (Å²) in [6.07, 6.45) is 4.34. The largest absolute Gasteiger partial charge is 0.328 e. The first kappa shape index (κ1) is 17.3. The van der Waals surface area contributed by atoms with Gasteiger partial charge in [-0.05, 0) is 45.2 Å². The second kappa shape index (κ2) is 7.23. The van der Waals surface area contributed by atoms with Crippen LogP contribution in [-0.4, -0.2) is 52.2 Å². The third-order valence-corrected chi connectivity index (χ3v) is 5.75. The Balaban J connectivity index is 1.71. The fourth-order valence-electron chi connectivity index (χ4n) is 4.33. The van der Waals surface area contributed by atoms with E-state index in [0.29, 0.717) is 0 Å². The molecule has 0 radical (unpaired) electrons. The SMILES string of the molecule is CCn1nc2c(c1C(=O)N1CCN(C)C[C@@H]1c1ccccc1)CCCC2. The molecular weight excluding hydrogens is 324 g/mol. The van der Waals surface area contributed by atoms with Crippen LogP contribution in [-0.2, 0) is 19.4 Å². The highest BCUT2D eigenvalue weighted by Gasteiger charge is 2.34. The van der Waals surface area contributed by atoms with Crippen LogP contribution in [0, 0.1) is 0 Å². The Hall–Kier alpha value is -2.14. The lowest BCUT2D eigenvalue weighted by atomic mass is 9.94. The van der Waals surface area contributed by atoms with Crippen LogP contribution in [0.3, 0.4) is 0 Å². The van der Waals surface area contributed by atoms with E-state index in [1.165, 1.54) is 17.5 Å². The van der Waals surface area contributed by atoms with Crippen molar-refractivity contribution >= 4 is 5.91 Å². The molecule has 2 aromatic rings. The van der Waals surface area contributed by atoms with Crippen LogP contribution in [0.25, 0.3) is 0 Å². The average molecular weight is 352 g/mol. The third kappa shape index (κ3) is 3.05. The van der Waals surface area contributed by atoms with Gasteiger partial charge in [-0.2, -0.15) is 5.10 Å². The molecule has 1 aromatic carbocycles. The van der Waals surface area contributed by atoms with Crippen molar-refractivity contribution in [1.29, 1.82) is 0 Å². The predicted molar refractivity (Wildman–Crippen MR) is 102 cm³/mol. The fraction of sp³-hybridized carbons (Fsp3) is 0.524. The van der Waals surface area contributed by atoms with Gasteiger partial charge in [-0.25, -0.2) is 0 Å². The number of rotatable bonds is 3. The molecule has 0 unspecified atom stereocenters. The lowest BCUT2D eigenvalue weighted by Gasteiger charge is -2.40. The van der Waals surface area contributed by atoms with Crippen molar-refractivity contribution in [2.24, 2.45) is 0 Å². The zero-order chi connectivity index (χ0) is 18.1. The minimum Gasteiger partial charge on any atom is -0.328 e. The Morgan fingerprint density at radius 2 is 1.92 bits per heavy atom. The molecule has 1 atom stereocenters. The van der Waals surface area contributed by atoms with Gasteiger partial charge in [-0.15, -0.1) is 0 Å². The topological polar surface area (TPSA) is 41.4 Å². The molecule has 26 heavy (non-hydrogen) atoms. The second-order valence-electron chi connectivity index (χ2n) is 7.48. The molecule has 1 amide bonds. The number of likely N-dealkylation sites (N-methyl/N-ethyl adjacent to an activating group) is 1. The van der Waals surface area contributed by atoms with Crippen molar-refractivity contribution in [2.45, 2.75) is 45.2 Å². The monoisotopic (exact) mass is 352 g/mol. The smallest absolute Gasteiger partial charge is 0.273 e. The highest BCUT2D eigenvalue weighted by Crippen LogP contribution is 2.30. The summed E-state index contributed by atoms with van der Waals surface area (Å²) < 4.78 is 1.94. The molecule has 5 nitrogen and oxygen atoms in total. The van der Waals surface area contributed by atoms with Gasteiger partial charge in [-0.3, -0.25) is 9.48 Å². The fourth-order valence-corrected chi connectivity index (χ4v) is 4.33. The number of amides is 1. The third-order valence-electron chi connectivity index (χ3n) is 5.75. The molecule has 1 saturated heterocycles. The van der Waals surface area contributed by atoms with E-state index in [9.17, 15) is 4.79 Å². The first-order chi connectivity index (χ1) is 12.7. The van der Waals surface area contributed by atoms with Crippen molar-refractivity contribution in [2.75, 3.05) is 26.7 Å². The van der Waals surface area contributed by atoms with Gasteiger partial charge >= 0.3 is 0 Å². The second-order valence-corrected chi connectivity index (χ2v) is 7.48. The van der Waals surface area contributed by atoms with Crippen molar-refractivity contribution in [3.63, 3.8) is 0 Å². The molecule has 1 fully saturated rings. The number of piperazine rings is 1. The Labute approximate surface area is 155 Å². The Kier molecular flexibility index (Phi) is 4.81. The number of carbonyl (C=O) groups is 1. The summed E-state index contributed by atoms with van der Waals surface area (Å²) >= 11 is 0. The highest BCUT2D eigenvalue weighted by molar-refractivity contribution is 5.95. The zero-order valence-electron chi connectivity index (χ0n) is 15.8. The maximum Gasteiger partial charge on any atom is 0.273 e. The number of fused-ring (bicyclic) bond motifs is 1. The first-order valence-corrected chi connectivity index (χ1v) is 9.82. The molecule has 0 bridgehead atoms. The number of benzene rings is 1.